The van der Waals surface area contributed by atoms with E-state index in [1.54, 1.807) is 26.2 Å². The lowest BCUT2D eigenvalue weighted by atomic mass is 10.1. The van der Waals surface area contributed by atoms with E-state index in [2.05, 4.69) is 36.5 Å². The molecule has 0 aliphatic rings. The summed E-state index contributed by atoms with van der Waals surface area (Å²) in [5, 5.41) is 2.92. The van der Waals surface area contributed by atoms with Gasteiger partial charge >= 0.3 is 0 Å². The molecule has 2 aromatic carbocycles. The van der Waals surface area contributed by atoms with Gasteiger partial charge in [0.2, 0.25) is 0 Å². The molecule has 0 aliphatic heterocycles. The molecule has 1 amide bonds. The van der Waals surface area contributed by atoms with Crippen molar-refractivity contribution < 1.29 is 14.3 Å². The first-order valence-electron chi connectivity index (χ1n) is 8.22. The Morgan fingerprint density at radius 3 is 2.29 bits per heavy atom. The maximum atomic E-state index is 12.1. The van der Waals surface area contributed by atoms with Gasteiger partial charge in [0, 0.05) is 6.54 Å². The van der Waals surface area contributed by atoms with Crippen LogP contribution < -0.4 is 14.8 Å². The molecule has 0 saturated carbocycles. The molecule has 4 nitrogen and oxygen atoms in total. The molecule has 4 heteroatoms. The van der Waals surface area contributed by atoms with Crippen molar-refractivity contribution in [3.8, 4) is 11.5 Å². The molecule has 0 aliphatic carbocycles. The number of methoxy groups -OCH3 is 1. The van der Waals surface area contributed by atoms with Gasteiger partial charge in [-0.25, -0.2) is 0 Å². The van der Waals surface area contributed by atoms with E-state index in [1.807, 2.05) is 12.1 Å². The fraction of sp³-hybridized carbons (Fsp3) is 0.350. The third-order valence-corrected chi connectivity index (χ3v) is 3.80. The van der Waals surface area contributed by atoms with E-state index >= 15 is 0 Å². The Hall–Kier alpha value is -2.49. The summed E-state index contributed by atoms with van der Waals surface area (Å²) in [7, 11) is 1.61. The van der Waals surface area contributed by atoms with E-state index in [9.17, 15) is 4.79 Å². The lowest BCUT2D eigenvalue weighted by molar-refractivity contribution is -0.127. The molecule has 2 rings (SSSR count). The van der Waals surface area contributed by atoms with Gasteiger partial charge in [-0.2, -0.15) is 0 Å². The summed E-state index contributed by atoms with van der Waals surface area (Å²) in [6.07, 6.45) is 1.33. The summed E-state index contributed by atoms with van der Waals surface area (Å²) in [5.74, 6) is 1.31. The minimum absolute atomic E-state index is 0.102. The number of amides is 1. The zero-order valence-electron chi connectivity index (χ0n) is 14.5. The number of hydrogen-bond donors (Lipinski definition) is 1. The van der Waals surface area contributed by atoms with Crippen LogP contribution >= 0.6 is 0 Å². The van der Waals surface area contributed by atoms with Crippen molar-refractivity contribution in [3.63, 3.8) is 0 Å². The minimum atomic E-state index is -0.530. The molecule has 24 heavy (non-hydrogen) atoms. The number of ether oxygens (including phenoxy) is 2. The van der Waals surface area contributed by atoms with Crippen LogP contribution in [0.5, 0.6) is 11.5 Å². The second kappa shape index (κ2) is 8.96. The Kier molecular flexibility index (Phi) is 6.67. The lowest BCUT2D eigenvalue weighted by Crippen LogP contribution is -2.36. The van der Waals surface area contributed by atoms with Crippen LogP contribution in [-0.2, 0) is 11.2 Å². The van der Waals surface area contributed by atoms with Crippen molar-refractivity contribution in [2.75, 3.05) is 13.7 Å². The average Bonchev–Trinajstić information content (AvgIpc) is 2.60. The van der Waals surface area contributed by atoms with Crippen molar-refractivity contribution >= 4 is 5.91 Å². The summed E-state index contributed by atoms with van der Waals surface area (Å²) < 4.78 is 10.7. The van der Waals surface area contributed by atoms with E-state index in [4.69, 9.17) is 9.47 Å². The molecule has 1 atom stereocenters. The predicted molar refractivity (Wildman–Crippen MR) is 95.6 cm³/mol. The monoisotopic (exact) mass is 327 g/mol. The highest BCUT2D eigenvalue weighted by Gasteiger charge is 2.13. The summed E-state index contributed by atoms with van der Waals surface area (Å²) in [6, 6.07) is 15.7. The van der Waals surface area contributed by atoms with Gasteiger partial charge in [0.1, 0.15) is 11.5 Å². The predicted octanol–water partition coefficient (Wildman–Crippen LogP) is 3.52. The zero-order valence-corrected chi connectivity index (χ0v) is 14.5. The van der Waals surface area contributed by atoms with E-state index < -0.39 is 6.10 Å². The second-order valence-corrected chi connectivity index (χ2v) is 5.82. The molecule has 1 N–H and O–H groups in total. The quantitative estimate of drug-likeness (QED) is 0.755. The molecule has 0 radical (unpaired) electrons. The van der Waals surface area contributed by atoms with E-state index in [0.29, 0.717) is 12.3 Å². The highest BCUT2D eigenvalue weighted by Crippen LogP contribution is 2.18. The molecule has 0 heterocycles. The van der Waals surface area contributed by atoms with Crippen molar-refractivity contribution in [2.24, 2.45) is 0 Å². The molecule has 2 aromatic rings. The fourth-order valence-electron chi connectivity index (χ4n) is 2.31. The first-order valence-corrected chi connectivity index (χ1v) is 8.22. The lowest BCUT2D eigenvalue weighted by Gasteiger charge is -2.15. The van der Waals surface area contributed by atoms with Crippen LogP contribution in [0.2, 0.25) is 0 Å². The first kappa shape index (κ1) is 17.9. The summed E-state index contributed by atoms with van der Waals surface area (Å²) in [4.78, 5) is 12.1. The van der Waals surface area contributed by atoms with Crippen LogP contribution in [0.1, 0.15) is 24.5 Å². The normalized spacial score (nSPS) is 11.6. The SMILES string of the molecule is COc1ccc(O[C@H](C)C(=O)NCCCc2ccc(C)cc2)cc1. The Morgan fingerprint density at radius 2 is 1.67 bits per heavy atom. The Bertz CT molecular complexity index is 635. The van der Waals surface area contributed by atoms with E-state index in [-0.39, 0.29) is 5.91 Å². The van der Waals surface area contributed by atoms with E-state index in [0.717, 1.165) is 18.6 Å². The van der Waals surface area contributed by atoms with Gasteiger partial charge in [-0.05, 0) is 56.5 Å². The van der Waals surface area contributed by atoms with Crippen molar-refractivity contribution in [1.29, 1.82) is 0 Å². The summed E-state index contributed by atoms with van der Waals surface area (Å²) in [6.45, 7) is 4.47. The maximum Gasteiger partial charge on any atom is 0.260 e. The number of hydrogen-bond acceptors (Lipinski definition) is 3. The zero-order chi connectivity index (χ0) is 17.4. The molecule has 0 saturated heterocycles. The number of nitrogens with one attached hydrogen (secondary N) is 1. The number of carbonyl (C=O) groups excluding carboxylic acids is 1. The molecule has 0 fully saturated rings. The Balaban J connectivity index is 1.70. The van der Waals surface area contributed by atoms with Crippen LogP contribution in [0, 0.1) is 6.92 Å². The number of rotatable bonds is 8. The smallest absolute Gasteiger partial charge is 0.260 e. The van der Waals surface area contributed by atoms with Crippen LogP contribution in [0.3, 0.4) is 0 Å². The minimum Gasteiger partial charge on any atom is -0.497 e. The van der Waals surface area contributed by atoms with Crippen LogP contribution in [0.25, 0.3) is 0 Å². The Morgan fingerprint density at radius 1 is 1.04 bits per heavy atom. The third kappa shape index (κ3) is 5.61. The topological polar surface area (TPSA) is 47.6 Å². The van der Waals surface area contributed by atoms with Gasteiger partial charge < -0.3 is 14.8 Å². The summed E-state index contributed by atoms with van der Waals surface area (Å²) >= 11 is 0. The molecule has 128 valence electrons. The third-order valence-electron chi connectivity index (χ3n) is 3.80. The average molecular weight is 327 g/mol. The van der Waals surface area contributed by atoms with Gasteiger partial charge in [0.25, 0.3) is 5.91 Å². The van der Waals surface area contributed by atoms with Crippen molar-refractivity contribution in [2.45, 2.75) is 32.8 Å². The largest absolute Gasteiger partial charge is 0.497 e. The molecular formula is C20H25NO3. The van der Waals surface area contributed by atoms with Crippen LogP contribution in [0.4, 0.5) is 0 Å². The van der Waals surface area contributed by atoms with Crippen LogP contribution in [-0.4, -0.2) is 25.7 Å². The highest BCUT2D eigenvalue weighted by molar-refractivity contribution is 5.80. The molecule has 0 bridgehead atoms. The number of benzene rings is 2. The second-order valence-electron chi connectivity index (χ2n) is 5.82. The number of carbonyl (C=O) groups is 1. The summed E-state index contributed by atoms with van der Waals surface area (Å²) in [5.41, 5.74) is 2.55. The van der Waals surface area contributed by atoms with Crippen molar-refractivity contribution in [1.82, 2.24) is 5.32 Å². The van der Waals surface area contributed by atoms with Crippen molar-refractivity contribution in [3.05, 3.63) is 59.7 Å². The molecule has 0 aromatic heterocycles. The van der Waals surface area contributed by atoms with Gasteiger partial charge in [-0.1, -0.05) is 29.8 Å². The maximum absolute atomic E-state index is 12.1. The molecule has 0 unspecified atom stereocenters. The Labute approximate surface area is 143 Å². The first-order chi connectivity index (χ1) is 11.6. The standard InChI is InChI=1S/C20H25NO3/c1-15-6-8-17(9-7-15)5-4-14-21-20(22)16(2)24-19-12-10-18(23-3)11-13-19/h6-13,16H,4-5,14H2,1-3H3,(H,21,22)/t16-/m1/s1. The number of aryl methyl sites for hydroxylation is 2. The highest BCUT2D eigenvalue weighted by atomic mass is 16.5. The van der Waals surface area contributed by atoms with E-state index in [1.165, 1.54) is 11.1 Å². The fourth-order valence-corrected chi connectivity index (χ4v) is 2.31. The molecule has 0 spiro atoms. The van der Waals surface area contributed by atoms with Gasteiger partial charge in [-0.3, -0.25) is 4.79 Å². The van der Waals surface area contributed by atoms with Gasteiger partial charge in [0.15, 0.2) is 6.10 Å². The van der Waals surface area contributed by atoms with Gasteiger partial charge in [-0.15, -0.1) is 0 Å². The van der Waals surface area contributed by atoms with Crippen LogP contribution in [0.15, 0.2) is 48.5 Å². The molecular weight excluding hydrogens is 302 g/mol. The van der Waals surface area contributed by atoms with Gasteiger partial charge in [0.05, 0.1) is 7.11 Å².